The fourth-order valence-corrected chi connectivity index (χ4v) is 4.26. The van der Waals surface area contributed by atoms with Gasteiger partial charge in [0.2, 0.25) is 0 Å². The van der Waals surface area contributed by atoms with E-state index in [1.165, 1.54) is 18.1 Å². The molecule has 0 amide bonds. The summed E-state index contributed by atoms with van der Waals surface area (Å²) >= 11 is 0. The van der Waals surface area contributed by atoms with Gasteiger partial charge in [0.05, 0.1) is 13.7 Å². The molecular weight excluding hydrogens is 412 g/mol. The number of esters is 1. The molecule has 3 aromatic carbocycles. The number of rotatable bonds is 8. The molecule has 0 aliphatic heterocycles. The van der Waals surface area contributed by atoms with Crippen molar-refractivity contribution in [1.82, 2.24) is 9.97 Å². The predicted octanol–water partition coefficient (Wildman–Crippen LogP) is 6.04. The van der Waals surface area contributed by atoms with Crippen LogP contribution in [0.2, 0.25) is 0 Å². The maximum atomic E-state index is 11.6. The van der Waals surface area contributed by atoms with Gasteiger partial charge >= 0.3 is 5.97 Å². The van der Waals surface area contributed by atoms with E-state index in [9.17, 15) is 4.79 Å². The number of para-hydroxylation sites is 1. The lowest BCUT2D eigenvalue weighted by Crippen LogP contribution is -2.04. The van der Waals surface area contributed by atoms with Crippen LogP contribution in [0.25, 0.3) is 32.9 Å². The molecule has 0 atom stereocenters. The minimum atomic E-state index is -0.204. The third-order valence-electron chi connectivity index (χ3n) is 6.06. The van der Waals surface area contributed by atoms with E-state index in [4.69, 9.17) is 9.47 Å². The van der Waals surface area contributed by atoms with E-state index in [0.717, 1.165) is 45.3 Å². The molecule has 0 aliphatic carbocycles. The summed E-state index contributed by atoms with van der Waals surface area (Å²) in [7, 11) is 1.42. The van der Waals surface area contributed by atoms with E-state index >= 15 is 0 Å². The zero-order chi connectivity index (χ0) is 22.6. The molecule has 0 saturated carbocycles. The summed E-state index contributed by atoms with van der Waals surface area (Å²) in [6, 6.07) is 22.9. The topological polar surface area (TPSA) is 67.1 Å². The number of hydrogen-bond acceptors (Lipinski definition) is 3. The maximum absolute atomic E-state index is 11.6. The Morgan fingerprint density at radius 1 is 0.909 bits per heavy atom. The Morgan fingerprint density at radius 3 is 2.73 bits per heavy atom. The molecule has 0 aliphatic rings. The van der Waals surface area contributed by atoms with Gasteiger partial charge in [-0.25, -0.2) is 0 Å². The Kier molecular flexibility index (Phi) is 5.85. The Labute approximate surface area is 192 Å². The van der Waals surface area contributed by atoms with Crippen LogP contribution in [-0.4, -0.2) is 29.7 Å². The number of methoxy groups -OCH3 is 1. The second-order valence-corrected chi connectivity index (χ2v) is 8.14. The van der Waals surface area contributed by atoms with Crippen molar-refractivity contribution >= 4 is 27.8 Å². The average Bonchev–Trinajstić information content (AvgIpc) is 3.49. The summed E-state index contributed by atoms with van der Waals surface area (Å²) in [5, 5.41) is 2.38. The van der Waals surface area contributed by atoms with Crippen molar-refractivity contribution in [2.75, 3.05) is 13.7 Å². The normalized spacial score (nSPS) is 11.2. The van der Waals surface area contributed by atoms with Crippen LogP contribution in [0.1, 0.15) is 17.5 Å². The summed E-state index contributed by atoms with van der Waals surface area (Å²) in [4.78, 5) is 18.2. The number of carbonyl (C=O) groups excluding carboxylic acids is 1. The number of nitrogens with one attached hydrogen (secondary N) is 2. The molecule has 5 heteroatoms. The minimum Gasteiger partial charge on any atom is -0.493 e. The number of fused-ring (bicyclic) bond motifs is 2. The van der Waals surface area contributed by atoms with Gasteiger partial charge in [-0.05, 0) is 64.9 Å². The van der Waals surface area contributed by atoms with E-state index in [1.807, 2.05) is 24.4 Å². The molecule has 2 aromatic heterocycles. The summed E-state index contributed by atoms with van der Waals surface area (Å²) in [6.07, 6.45) is 5.80. The third-order valence-corrected chi connectivity index (χ3v) is 6.06. The van der Waals surface area contributed by atoms with E-state index in [0.29, 0.717) is 19.4 Å². The molecule has 5 rings (SSSR count). The van der Waals surface area contributed by atoms with Gasteiger partial charge in [-0.3, -0.25) is 4.79 Å². The summed E-state index contributed by atoms with van der Waals surface area (Å²) in [5.74, 6) is 0.635. The number of H-pyrrole nitrogens is 2. The minimum absolute atomic E-state index is 0.204. The van der Waals surface area contributed by atoms with E-state index < -0.39 is 0 Å². The van der Waals surface area contributed by atoms with Crippen LogP contribution in [0.3, 0.4) is 0 Å². The van der Waals surface area contributed by atoms with Crippen LogP contribution in [0.4, 0.5) is 0 Å². The molecule has 5 aromatic rings. The average molecular weight is 439 g/mol. The van der Waals surface area contributed by atoms with E-state index in [2.05, 4.69) is 64.7 Å². The smallest absolute Gasteiger partial charge is 0.305 e. The SMILES string of the molecule is COC(=O)CCc1ccc(OCCc2c[nH]c3ccccc23)c(-c2ccc3[nH]ccc3c2)c1. The molecule has 0 radical (unpaired) electrons. The molecule has 5 nitrogen and oxygen atoms in total. The molecule has 0 saturated heterocycles. The van der Waals surface area contributed by atoms with Gasteiger partial charge in [0.1, 0.15) is 5.75 Å². The van der Waals surface area contributed by atoms with Crippen LogP contribution in [0.5, 0.6) is 5.75 Å². The van der Waals surface area contributed by atoms with Crippen LogP contribution in [0, 0.1) is 0 Å². The Balaban J connectivity index is 1.40. The number of ether oxygens (including phenoxy) is 2. The first kappa shape index (κ1) is 20.9. The summed E-state index contributed by atoms with van der Waals surface area (Å²) < 4.78 is 11.1. The Bertz CT molecular complexity index is 1410. The van der Waals surface area contributed by atoms with Gasteiger partial charge in [0, 0.05) is 47.2 Å². The fraction of sp³-hybridized carbons (Fsp3) is 0.179. The van der Waals surface area contributed by atoms with Gasteiger partial charge in [-0.15, -0.1) is 0 Å². The Morgan fingerprint density at radius 2 is 1.82 bits per heavy atom. The van der Waals surface area contributed by atoms with Crippen molar-refractivity contribution in [3.8, 4) is 16.9 Å². The summed E-state index contributed by atoms with van der Waals surface area (Å²) in [6.45, 7) is 0.572. The Hall–Kier alpha value is -3.99. The molecule has 33 heavy (non-hydrogen) atoms. The number of carbonyl (C=O) groups is 1. The zero-order valence-electron chi connectivity index (χ0n) is 18.6. The van der Waals surface area contributed by atoms with Crippen molar-refractivity contribution in [3.05, 3.63) is 90.3 Å². The lowest BCUT2D eigenvalue weighted by Gasteiger charge is -2.14. The summed E-state index contributed by atoms with van der Waals surface area (Å²) in [5.41, 5.74) is 6.68. The fourth-order valence-electron chi connectivity index (χ4n) is 4.26. The van der Waals surface area contributed by atoms with Crippen LogP contribution in [0.15, 0.2) is 79.1 Å². The molecule has 2 N–H and O–H groups in total. The van der Waals surface area contributed by atoms with Crippen LogP contribution in [-0.2, 0) is 22.4 Å². The lowest BCUT2D eigenvalue weighted by molar-refractivity contribution is -0.140. The van der Waals surface area contributed by atoms with Gasteiger partial charge < -0.3 is 19.4 Å². The second-order valence-electron chi connectivity index (χ2n) is 8.14. The first-order chi connectivity index (χ1) is 16.2. The van der Waals surface area contributed by atoms with Crippen molar-refractivity contribution < 1.29 is 14.3 Å². The number of aromatic nitrogens is 2. The predicted molar refractivity (Wildman–Crippen MR) is 132 cm³/mol. The van der Waals surface area contributed by atoms with Crippen LogP contribution < -0.4 is 4.74 Å². The molecule has 166 valence electrons. The maximum Gasteiger partial charge on any atom is 0.305 e. The molecule has 0 unspecified atom stereocenters. The largest absolute Gasteiger partial charge is 0.493 e. The number of hydrogen-bond donors (Lipinski definition) is 2. The quantitative estimate of drug-likeness (QED) is 0.290. The molecule has 0 fully saturated rings. The first-order valence-corrected chi connectivity index (χ1v) is 11.2. The highest BCUT2D eigenvalue weighted by Crippen LogP contribution is 2.33. The van der Waals surface area contributed by atoms with Crippen molar-refractivity contribution in [2.24, 2.45) is 0 Å². The van der Waals surface area contributed by atoms with Gasteiger partial charge in [-0.1, -0.05) is 30.3 Å². The first-order valence-electron chi connectivity index (χ1n) is 11.2. The highest BCUT2D eigenvalue weighted by atomic mass is 16.5. The highest BCUT2D eigenvalue weighted by molar-refractivity contribution is 5.86. The number of benzene rings is 3. The third kappa shape index (κ3) is 4.48. The van der Waals surface area contributed by atoms with Crippen molar-refractivity contribution in [1.29, 1.82) is 0 Å². The monoisotopic (exact) mass is 438 g/mol. The van der Waals surface area contributed by atoms with E-state index in [-0.39, 0.29) is 5.97 Å². The lowest BCUT2D eigenvalue weighted by atomic mass is 9.98. The number of aryl methyl sites for hydroxylation is 1. The standard InChI is InChI=1S/C28H26N2O3/c1-32-28(31)11-7-19-6-10-27(24(16-19)20-8-9-25-21(17-20)12-14-29-25)33-15-13-22-18-30-26-5-3-2-4-23(22)26/h2-6,8-10,12,14,16-18,29-30H,7,11,13,15H2,1H3. The van der Waals surface area contributed by atoms with Crippen molar-refractivity contribution in [3.63, 3.8) is 0 Å². The number of aromatic amines is 2. The highest BCUT2D eigenvalue weighted by Gasteiger charge is 2.12. The van der Waals surface area contributed by atoms with Gasteiger partial charge in [0.25, 0.3) is 0 Å². The van der Waals surface area contributed by atoms with Gasteiger partial charge in [-0.2, -0.15) is 0 Å². The second kappa shape index (κ2) is 9.25. The van der Waals surface area contributed by atoms with Crippen molar-refractivity contribution in [2.45, 2.75) is 19.3 Å². The van der Waals surface area contributed by atoms with Crippen LogP contribution >= 0.6 is 0 Å². The zero-order valence-corrected chi connectivity index (χ0v) is 18.6. The molecule has 2 heterocycles. The molecule has 0 spiro atoms. The molecular formula is C28H26N2O3. The molecule has 0 bridgehead atoms. The van der Waals surface area contributed by atoms with E-state index in [1.54, 1.807) is 0 Å². The van der Waals surface area contributed by atoms with Gasteiger partial charge in [0.15, 0.2) is 0 Å².